The van der Waals surface area contributed by atoms with Gasteiger partial charge >= 0.3 is 0 Å². The maximum atomic E-state index is 6.59. The summed E-state index contributed by atoms with van der Waals surface area (Å²) in [5.74, 6) is 0. The van der Waals surface area contributed by atoms with Crippen LogP contribution >= 0.6 is 11.3 Å². The Morgan fingerprint density at radius 1 is 0.173 bits per heavy atom. The number of fused-ring (bicyclic) bond motifs is 32. The first kappa shape index (κ1) is 72.0. The summed E-state index contributed by atoms with van der Waals surface area (Å²) < 4.78 is 15.8. The summed E-state index contributed by atoms with van der Waals surface area (Å²) in [6.07, 6.45) is 0. The van der Waals surface area contributed by atoms with Crippen molar-refractivity contribution in [2.45, 2.75) is 38.5 Å². The molecule has 127 heavy (non-hydrogen) atoms. The van der Waals surface area contributed by atoms with E-state index in [1.807, 2.05) is 11.3 Å². The van der Waals surface area contributed by atoms with Crippen molar-refractivity contribution in [3.8, 4) is 89.0 Å². The quantitative estimate of drug-likeness (QED) is 0.123. The minimum Gasteiger partial charge on any atom is -0.456 e. The van der Waals surface area contributed by atoms with Gasteiger partial charge in [-0.1, -0.05) is 343 Å². The van der Waals surface area contributed by atoms with Crippen LogP contribution in [0.4, 0.5) is 0 Å². The van der Waals surface area contributed by atoms with Crippen LogP contribution in [0.3, 0.4) is 0 Å². The van der Waals surface area contributed by atoms with Crippen LogP contribution in [-0.4, -0.2) is 0 Å². The van der Waals surface area contributed by atoms with Crippen LogP contribution in [0, 0.1) is 0 Å². The lowest BCUT2D eigenvalue weighted by Gasteiger charge is -2.24. The summed E-state index contributed by atoms with van der Waals surface area (Å²) in [6, 6.07) is 149. The monoisotopic (exact) mass is 1630 g/mol. The Morgan fingerprint density at radius 3 is 0.827 bits per heavy atom. The van der Waals surface area contributed by atoms with Gasteiger partial charge in [-0.2, -0.15) is 0 Å². The van der Waals surface area contributed by atoms with Crippen LogP contribution in [-0.2, 0) is 10.8 Å². The molecule has 0 fully saturated rings. The molecule has 3 heterocycles. The SMILES string of the molecule is CC1(C)c2ccc(-c3ccc4oc5ccc(-c6c7ccccc7c(-c7ccc8ccc9ccccc9c8c7)c7ccccc67)cc5c4c3)cc2-c2c1c1ccccc1c1ccccc21.CC1(C)c2ccc(-c3ccc4oc5ccc(-c6c7ccccc7c(-c7ccc8sc9ccccc9c8c7)c7ccccc67)cc5c4c3)cc2-c2c1c1ccccc1c1ccccc21. The standard InChI is InChI=1S/C63H40O.C61H38OS/c1-63(2)56-30-27-39(34-55(56)61-46-17-7-5-15-44(46)45-16-6-12-22-51(45)62(61)63)40-28-31-57-53(33-40)54-36-42(29-32-58(54)64-57)60-49-20-10-8-18-47(49)59(48-19-9-11-21-50(48)60)41-26-25-38-24-23-37-13-3-4-14-43(37)52(38)35-41;1-61(2)52-27-23-35(32-51(52)59-42-16-5-3-13-39(42)40-14-4-10-21-47(40)60(59)61)36-24-28-53-48(31-36)49-33-37(25-29-54(49)62-53)57-43-17-6-8-19-45(43)58(46-20-9-7-18-44(46)57)38-26-30-56-50(34-38)41-15-11-12-22-55(41)63-56/h3-36H,1-2H3;3-34H,1-2H3. The van der Waals surface area contributed by atoms with E-state index in [-0.39, 0.29) is 10.8 Å². The van der Waals surface area contributed by atoms with Crippen molar-refractivity contribution in [1.29, 1.82) is 0 Å². The highest BCUT2D eigenvalue weighted by Crippen LogP contribution is 2.59. The summed E-state index contributed by atoms with van der Waals surface area (Å²) in [7, 11) is 0. The molecule has 23 aromatic carbocycles. The molecule has 0 N–H and O–H groups in total. The Bertz CT molecular complexity index is 9250. The van der Waals surface area contributed by atoms with Crippen LogP contribution < -0.4 is 0 Å². The zero-order valence-corrected chi connectivity index (χ0v) is 71.1. The number of furan rings is 2. The van der Waals surface area contributed by atoms with E-state index >= 15 is 0 Å². The van der Waals surface area contributed by atoms with E-state index in [0.717, 1.165) is 43.9 Å². The molecule has 2 aliphatic rings. The second-order valence-corrected chi connectivity index (χ2v) is 37.3. The molecule has 2 aliphatic carbocycles. The fourth-order valence-corrected chi connectivity index (χ4v) is 24.2. The molecule has 0 spiro atoms. The summed E-state index contributed by atoms with van der Waals surface area (Å²) in [4.78, 5) is 0. The fraction of sp³-hybridized carbons (Fsp3) is 0.0484. The topological polar surface area (TPSA) is 26.3 Å². The largest absolute Gasteiger partial charge is 0.456 e. The third kappa shape index (κ3) is 10.5. The first-order valence-electron chi connectivity index (χ1n) is 44.3. The highest BCUT2D eigenvalue weighted by molar-refractivity contribution is 7.25. The van der Waals surface area contributed by atoms with Crippen LogP contribution in [0.25, 0.3) is 261 Å². The van der Waals surface area contributed by atoms with Crippen molar-refractivity contribution in [3.63, 3.8) is 0 Å². The number of hydrogen-bond acceptors (Lipinski definition) is 3. The Hall–Kier alpha value is -15.5. The molecule has 0 saturated carbocycles. The fourth-order valence-electron chi connectivity index (χ4n) is 23.1. The molecule has 26 aromatic rings. The average molecular weight is 1630 g/mol. The van der Waals surface area contributed by atoms with Crippen LogP contribution in [0.15, 0.2) is 409 Å². The Morgan fingerprint density at radius 2 is 0.425 bits per heavy atom. The Labute approximate surface area is 736 Å². The van der Waals surface area contributed by atoms with Gasteiger partial charge in [0.2, 0.25) is 0 Å². The summed E-state index contributed by atoms with van der Waals surface area (Å²) >= 11 is 1.87. The van der Waals surface area contributed by atoms with Gasteiger partial charge in [-0.15, -0.1) is 11.3 Å². The minimum absolute atomic E-state index is 0.132. The van der Waals surface area contributed by atoms with Crippen LogP contribution in [0.5, 0.6) is 0 Å². The molecular weight excluding hydrogens is 1550 g/mol. The van der Waals surface area contributed by atoms with Gasteiger partial charge in [0.25, 0.3) is 0 Å². The normalized spacial score (nSPS) is 13.3. The predicted molar refractivity (Wildman–Crippen MR) is 543 cm³/mol. The zero-order chi connectivity index (χ0) is 83.8. The van der Waals surface area contributed by atoms with Crippen LogP contribution in [0.1, 0.15) is 49.9 Å². The molecule has 28 rings (SSSR count). The first-order chi connectivity index (χ1) is 62.5. The van der Waals surface area contributed by atoms with Gasteiger partial charge in [0, 0.05) is 52.5 Å². The second-order valence-electron chi connectivity index (χ2n) is 36.2. The van der Waals surface area contributed by atoms with Gasteiger partial charge in [-0.25, -0.2) is 0 Å². The van der Waals surface area contributed by atoms with Gasteiger partial charge in [0.1, 0.15) is 22.3 Å². The molecule has 0 aliphatic heterocycles. The average Bonchev–Trinajstić information content (AvgIpc) is 1.56. The van der Waals surface area contributed by atoms with Gasteiger partial charge < -0.3 is 8.83 Å². The van der Waals surface area contributed by atoms with E-state index in [1.54, 1.807) is 0 Å². The van der Waals surface area contributed by atoms with E-state index < -0.39 is 0 Å². The number of thiophene rings is 1. The lowest BCUT2D eigenvalue weighted by molar-refractivity contribution is 0.666. The van der Waals surface area contributed by atoms with E-state index in [0.29, 0.717) is 0 Å². The molecule has 0 unspecified atom stereocenters. The zero-order valence-electron chi connectivity index (χ0n) is 70.3. The van der Waals surface area contributed by atoms with E-state index in [9.17, 15) is 0 Å². The van der Waals surface area contributed by atoms with Crippen molar-refractivity contribution >= 4 is 183 Å². The third-order valence-corrected chi connectivity index (χ3v) is 29.9. The van der Waals surface area contributed by atoms with Gasteiger partial charge in [0.15, 0.2) is 0 Å². The Kier molecular flexibility index (Phi) is 15.3. The van der Waals surface area contributed by atoms with Crippen molar-refractivity contribution in [2.75, 3.05) is 0 Å². The van der Waals surface area contributed by atoms with E-state index in [1.165, 1.54) is 239 Å². The maximum absolute atomic E-state index is 6.59. The van der Waals surface area contributed by atoms with Crippen molar-refractivity contribution in [1.82, 2.24) is 0 Å². The molecular formula is C124H78O2S. The van der Waals surface area contributed by atoms with Crippen LogP contribution in [0.2, 0.25) is 0 Å². The van der Waals surface area contributed by atoms with E-state index in [2.05, 4.69) is 428 Å². The lowest BCUT2D eigenvalue weighted by Crippen LogP contribution is -2.15. The molecule has 0 saturated heterocycles. The molecule has 2 nitrogen and oxygen atoms in total. The van der Waals surface area contributed by atoms with Gasteiger partial charge in [-0.05, 0) is 304 Å². The highest BCUT2D eigenvalue weighted by atomic mass is 32.1. The minimum atomic E-state index is -0.134. The number of benzene rings is 23. The summed E-state index contributed by atoms with van der Waals surface area (Å²) in [5, 5.41) is 32.8. The van der Waals surface area contributed by atoms with Gasteiger partial charge in [-0.3, -0.25) is 0 Å². The first-order valence-corrected chi connectivity index (χ1v) is 45.1. The third-order valence-electron chi connectivity index (χ3n) is 28.8. The predicted octanol–water partition coefficient (Wildman–Crippen LogP) is 35.7. The number of rotatable bonds is 6. The van der Waals surface area contributed by atoms with E-state index in [4.69, 9.17) is 8.83 Å². The summed E-state index contributed by atoms with van der Waals surface area (Å²) in [6.45, 7) is 9.58. The molecule has 0 amide bonds. The molecule has 3 aromatic heterocycles. The maximum Gasteiger partial charge on any atom is 0.135 e. The highest BCUT2D eigenvalue weighted by Gasteiger charge is 2.41. The Balaban J connectivity index is 0.000000132. The molecule has 3 heteroatoms. The van der Waals surface area contributed by atoms with Crippen molar-refractivity contribution in [3.05, 3.63) is 423 Å². The second kappa shape index (κ2) is 27.0. The van der Waals surface area contributed by atoms with Crippen molar-refractivity contribution in [2.24, 2.45) is 0 Å². The molecule has 0 radical (unpaired) electrons. The summed E-state index contributed by atoms with van der Waals surface area (Å²) in [5.41, 5.74) is 29.0. The molecule has 592 valence electrons. The van der Waals surface area contributed by atoms with Gasteiger partial charge in [0.05, 0.1) is 0 Å². The molecule has 0 atom stereocenters. The molecule has 0 bridgehead atoms. The lowest BCUT2D eigenvalue weighted by atomic mass is 9.79. The number of hydrogen-bond donors (Lipinski definition) is 0. The van der Waals surface area contributed by atoms with Crippen molar-refractivity contribution < 1.29 is 8.83 Å². The smallest absolute Gasteiger partial charge is 0.135 e.